The zero-order chi connectivity index (χ0) is 18.3. The van der Waals surface area contributed by atoms with Crippen LogP contribution in [0.25, 0.3) is 11.0 Å². The summed E-state index contributed by atoms with van der Waals surface area (Å²) in [6, 6.07) is 5.18. The molecule has 1 atom stereocenters. The van der Waals surface area contributed by atoms with Gasteiger partial charge in [0.1, 0.15) is 5.82 Å². The van der Waals surface area contributed by atoms with Crippen molar-refractivity contribution in [2.24, 2.45) is 7.05 Å². The summed E-state index contributed by atoms with van der Waals surface area (Å²) in [6.45, 7) is 1.35. The van der Waals surface area contributed by atoms with Crippen LogP contribution in [0.3, 0.4) is 0 Å². The molecule has 0 aliphatic carbocycles. The van der Waals surface area contributed by atoms with Crippen molar-refractivity contribution in [1.29, 1.82) is 0 Å². The van der Waals surface area contributed by atoms with E-state index >= 15 is 0 Å². The minimum absolute atomic E-state index is 0.113. The predicted molar refractivity (Wildman–Crippen MR) is 98.9 cm³/mol. The third-order valence-electron chi connectivity index (χ3n) is 4.91. The number of hydrogen-bond donors (Lipinski definition) is 0. The quantitative estimate of drug-likeness (QED) is 0.699. The average molecular weight is 374 g/mol. The highest BCUT2D eigenvalue weighted by Crippen LogP contribution is 2.33. The number of likely N-dealkylation sites (tertiary alicyclic amines) is 1. The van der Waals surface area contributed by atoms with Crippen LogP contribution in [0.1, 0.15) is 35.1 Å². The Morgan fingerprint density at radius 2 is 2.23 bits per heavy atom. The number of aryl methyl sites for hydroxylation is 1. The first-order chi connectivity index (χ1) is 12.6. The molecule has 0 N–H and O–H groups in total. The van der Waals surface area contributed by atoms with Gasteiger partial charge in [0.05, 0.1) is 7.11 Å². The number of furan rings is 1. The molecule has 1 saturated heterocycles. The normalized spacial score (nSPS) is 17.7. The number of fused-ring (bicyclic) bond motifs is 1. The summed E-state index contributed by atoms with van der Waals surface area (Å²) < 4.78 is 13.1. The molecule has 2 aromatic heterocycles. The number of amides is 1. The first-order valence-corrected chi connectivity index (χ1v) is 8.98. The smallest absolute Gasteiger partial charge is 0.289 e. The molecule has 3 heterocycles. The van der Waals surface area contributed by atoms with Crippen LogP contribution in [0.15, 0.2) is 35.0 Å². The number of ether oxygens (including phenoxy) is 1. The van der Waals surface area contributed by atoms with E-state index in [1.54, 1.807) is 31.5 Å². The number of piperidine rings is 1. The molecule has 1 aliphatic rings. The number of halogens is 1. The Kier molecular flexibility index (Phi) is 4.36. The molecule has 3 aromatic rings. The molecule has 4 rings (SSSR count). The fourth-order valence-corrected chi connectivity index (χ4v) is 3.86. The van der Waals surface area contributed by atoms with E-state index in [0.717, 1.165) is 24.1 Å². The van der Waals surface area contributed by atoms with Gasteiger partial charge in [-0.1, -0.05) is 11.6 Å². The minimum atomic E-state index is -0.113. The third-order valence-corrected chi connectivity index (χ3v) is 5.13. The second kappa shape index (κ2) is 6.68. The second-order valence-electron chi connectivity index (χ2n) is 6.62. The van der Waals surface area contributed by atoms with Crippen molar-refractivity contribution in [3.63, 3.8) is 0 Å². The zero-order valence-corrected chi connectivity index (χ0v) is 15.5. The summed E-state index contributed by atoms with van der Waals surface area (Å²) >= 11 is 6.10. The van der Waals surface area contributed by atoms with Crippen LogP contribution < -0.4 is 4.74 Å². The zero-order valence-electron chi connectivity index (χ0n) is 14.7. The number of rotatable bonds is 3. The van der Waals surface area contributed by atoms with E-state index in [4.69, 9.17) is 20.8 Å². The van der Waals surface area contributed by atoms with E-state index in [1.165, 1.54) is 0 Å². The molecule has 136 valence electrons. The van der Waals surface area contributed by atoms with Gasteiger partial charge in [-0.3, -0.25) is 4.79 Å². The van der Waals surface area contributed by atoms with Crippen LogP contribution in [0.5, 0.6) is 5.75 Å². The summed E-state index contributed by atoms with van der Waals surface area (Å²) in [7, 11) is 3.54. The number of carbonyl (C=O) groups is 1. The van der Waals surface area contributed by atoms with Crippen LogP contribution in [-0.2, 0) is 7.05 Å². The first kappa shape index (κ1) is 17.0. The van der Waals surface area contributed by atoms with Gasteiger partial charge in [0.25, 0.3) is 5.91 Å². The molecule has 1 fully saturated rings. The highest BCUT2D eigenvalue weighted by atomic mass is 35.5. The molecule has 26 heavy (non-hydrogen) atoms. The lowest BCUT2D eigenvalue weighted by Gasteiger charge is -2.31. The lowest BCUT2D eigenvalue weighted by atomic mass is 9.97. The Balaban J connectivity index is 1.61. The number of benzene rings is 1. The molecule has 1 aromatic carbocycles. The van der Waals surface area contributed by atoms with Gasteiger partial charge in [-0.05, 0) is 25.0 Å². The van der Waals surface area contributed by atoms with Crippen LogP contribution in [0.4, 0.5) is 0 Å². The van der Waals surface area contributed by atoms with Crippen molar-refractivity contribution < 1.29 is 13.9 Å². The molecule has 7 heteroatoms. The van der Waals surface area contributed by atoms with E-state index in [2.05, 4.69) is 4.98 Å². The molecular weight excluding hydrogens is 354 g/mol. The maximum atomic E-state index is 13.0. The van der Waals surface area contributed by atoms with Gasteiger partial charge in [0.15, 0.2) is 17.1 Å². The Hall–Kier alpha value is -2.47. The largest absolute Gasteiger partial charge is 0.493 e. The van der Waals surface area contributed by atoms with Crippen molar-refractivity contribution in [1.82, 2.24) is 14.5 Å². The molecule has 1 aliphatic heterocycles. The molecule has 0 bridgehead atoms. The van der Waals surface area contributed by atoms with Crippen molar-refractivity contribution >= 4 is 28.5 Å². The highest BCUT2D eigenvalue weighted by molar-refractivity contribution is 6.31. The summed E-state index contributed by atoms with van der Waals surface area (Å²) in [5.74, 6) is 1.97. The molecule has 6 nitrogen and oxygen atoms in total. The monoisotopic (exact) mass is 373 g/mol. The van der Waals surface area contributed by atoms with Gasteiger partial charge >= 0.3 is 0 Å². The molecule has 0 unspecified atom stereocenters. The van der Waals surface area contributed by atoms with E-state index < -0.39 is 0 Å². The van der Waals surface area contributed by atoms with Gasteiger partial charge < -0.3 is 18.6 Å². The maximum absolute atomic E-state index is 13.0. The number of carbonyl (C=O) groups excluding carboxylic acids is 1. The lowest BCUT2D eigenvalue weighted by Crippen LogP contribution is -2.39. The van der Waals surface area contributed by atoms with E-state index in [-0.39, 0.29) is 11.8 Å². The Labute approximate surface area is 156 Å². The number of hydrogen-bond acceptors (Lipinski definition) is 4. The molecule has 0 radical (unpaired) electrons. The van der Waals surface area contributed by atoms with Crippen LogP contribution in [0.2, 0.25) is 5.02 Å². The number of nitrogens with zero attached hydrogens (tertiary/aromatic N) is 3. The van der Waals surface area contributed by atoms with Crippen LogP contribution >= 0.6 is 11.6 Å². The van der Waals surface area contributed by atoms with Crippen molar-refractivity contribution in [3.8, 4) is 5.75 Å². The number of aromatic nitrogens is 2. The lowest BCUT2D eigenvalue weighted by molar-refractivity contribution is 0.0673. The standard InChI is InChI=1S/C19H20ClN3O3/c1-22-7-5-21-18(22)12-4-3-6-23(11-12)19(24)16-9-13-8-14(20)10-15(25-2)17(13)26-16/h5,7-10,12H,3-4,6,11H2,1-2H3/t12-/m1/s1. The van der Waals surface area contributed by atoms with Crippen LogP contribution in [0, 0.1) is 0 Å². The SMILES string of the molecule is COc1cc(Cl)cc2cc(C(=O)N3CCC[C@@H](c4nccn4C)C3)oc12. The number of methoxy groups -OCH3 is 1. The molecule has 0 saturated carbocycles. The minimum Gasteiger partial charge on any atom is -0.493 e. The van der Waals surface area contributed by atoms with Gasteiger partial charge in [0.2, 0.25) is 0 Å². The Bertz CT molecular complexity index is 962. The van der Waals surface area contributed by atoms with Gasteiger partial charge in [-0.2, -0.15) is 0 Å². The fourth-order valence-electron chi connectivity index (χ4n) is 3.64. The van der Waals surface area contributed by atoms with E-state index in [9.17, 15) is 4.79 Å². The summed E-state index contributed by atoms with van der Waals surface area (Å²) in [5, 5.41) is 1.30. The molecule has 0 spiro atoms. The van der Waals surface area contributed by atoms with E-state index in [1.807, 2.05) is 22.7 Å². The second-order valence-corrected chi connectivity index (χ2v) is 7.06. The summed E-state index contributed by atoms with van der Waals surface area (Å²) in [5.41, 5.74) is 0.540. The predicted octanol–water partition coefficient (Wildman–Crippen LogP) is 3.85. The van der Waals surface area contributed by atoms with E-state index in [0.29, 0.717) is 35.2 Å². The van der Waals surface area contributed by atoms with Gasteiger partial charge in [-0.15, -0.1) is 0 Å². The summed E-state index contributed by atoms with van der Waals surface area (Å²) in [4.78, 5) is 19.3. The molecular formula is C19H20ClN3O3. The van der Waals surface area contributed by atoms with Gasteiger partial charge in [-0.25, -0.2) is 4.98 Å². The first-order valence-electron chi connectivity index (χ1n) is 8.60. The Morgan fingerprint density at radius 1 is 1.38 bits per heavy atom. The van der Waals surface area contributed by atoms with Crippen LogP contribution in [-0.4, -0.2) is 40.6 Å². The van der Waals surface area contributed by atoms with Crippen molar-refractivity contribution in [3.05, 3.63) is 47.2 Å². The Morgan fingerprint density at radius 3 is 2.96 bits per heavy atom. The molecule has 1 amide bonds. The highest BCUT2D eigenvalue weighted by Gasteiger charge is 2.29. The van der Waals surface area contributed by atoms with Crippen molar-refractivity contribution in [2.75, 3.05) is 20.2 Å². The van der Waals surface area contributed by atoms with Crippen molar-refractivity contribution in [2.45, 2.75) is 18.8 Å². The topological polar surface area (TPSA) is 60.5 Å². The fraction of sp³-hybridized carbons (Fsp3) is 0.368. The maximum Gasteiger partial charge on any atom is 0.289 e. The average Bonchev–Trinajstić information content (AvgIpc) is 3.26. The number of imidazole rings is 1. The third kappa shape index (κ3) is 2.94. The summed E-state index contributed by atoms with van der Waals surface area (Å²) in [6.07, 6.45) is 5.70. The van der Waals surface area contributed by atoms with Gasteiger partial charge in [0, 0.05) is 54.9 Å².